The summed E-state index contributed by atoms with van der Waals surface area (Å²) in [7, 11) is 0. The van der Waals surface area contributed by atoms with Crippen LogP contribution in [0.5, 0.6) is 0 Å². The van der Waals surface area contributed by atoms with Gasteiger partial charge in [-0.2, -0.15) is 0 Å². The smallest absolute Gasteiger partial charge is 0.271 e. The lowest BCUT2D eigenvalue weighted by Gasteiger charge is -2.36. The molecule has 0 radical (unpaired) electrons. The lowest BCUT2D eigenvalue weighted by atomic mass is 9.75. The Balaban J connectivity index is 2.14. The number of halogens is 1. The minimum atomic E-state index is -0.397. The van der Waals surface area contributed by atoms with Gasteiger partial charge in [-0.3, -0.25) is 10.1 Å². The average Bonchev–Trinajstić information content (AvgIpc) is 2.30. The van der Waals surface area contributed by atoms with Crippen molar-refractivity contribution < 1.29 is 4.92 Å². The summed E-state index contributed by atoms with van der Waals surface area (Å²) in [5.41, 5.74) is 1.06. The minimum Gasteiger partial charge on any atom is -0.381 e. The van der Waals surface area contributed by atoms with E-state index in [1.807, 2.05) is 0 Å². The predicted octanol–water partition coefficient (Wildman–Crippen LogP) is 4.63. The van der Waals surface area contributed by atoms with Gasteiger partial charge in [0.05, 0.1) is 15.6 Å². The normalized spacial score (nSPS) is 21.9. The highest BCUT2D eigenvalue weighted by molar-refractivity contribution is 6.33. The first-order valence-corrected chi connectivity index (χ1v) is 6.96. The maximum absolute atomic E-state index is 10.8. The average molecular weight is 283 g/mol. The molecule has 104 valence electrons. The molecule has 1 aromatic rings. The third-order valence-corrected chi connectivity index (χ3v) is 4.06. The number of nitrogens with one attached hydrogen (secondary N) is 1. The maximum Gasteiger partial charge on any atom is 0.271 e. The molecule has 1 saturated carbocycles. The van der Waals surface area contributed by atoms with Crippen LogP contribution in [0, 0.1) is 15.5 Å². The van der Waals surface area contributed by atoms with E-state index in [0.29, 0.717) is 22.2 Å². The van der Waals surface area contributed by atoms with Crippen LogP contribution in [0.15, 0.2) is 18.2 Å². The summed E-state index contributed by atoms with van der Waals surface area (Å²) in [6.07, 6.45) is 4.56. The SMILES string of the molecule is CC1(C)CCCC(Nc2cc([N+](=O)[O-])ccc2Cl)C1. The number of benzene rings is 1. The van der Waals surface area contributed by atoms with Gasteiger partial charge in [-0.1, -0.05) is 31.9 Å². The third kappa shape index (κ3) is 3.60. The summed E-state index contributed by atoms with van der Waals surface area (Å²) in [5, 5.41) is 14.7. The molecule has 0 heterocycles. The largest absolute Gasteiger partial charge is 0.381 e. The van der Waals surface area contributed by atoms with E-state index in [0.717, 1.165) is 12.8 Å². The quantitative estimate of drug-likeness (QED) is 0.649. The van der Waals surface area contributed by atoms with Crippen molar-refractivity contribution in [3.63, 3.8) is 0 Å². The Hall–Kier alpha value is -1.29. The number of nitro groups is 1. The van der Waals surface area contributed by atoms with Crippen LogP contribution >= 0.6 is 11.6 Å². The van der Waals surface area contributed by atoms with Crippen LogP contribution in [0.3, 0.4) is 0 Å². The lowest BCUT2D eigenvalue weighted by molar-refractivity contribution is -0.384. The van der Waals surface area contributed by atoms with Crippen LogP contribution in [-0.4, -0.2) is 11.0 Å². The minimum absolute atomic E-state index is 0.0713. The molecule has 0 aromatic heterocycles. The van der Waals surface area contributed by atoms with Gasteiger partial charge >= 0.3 is 0 Å². The molecule has 0 amide bonds. The number of rotatable bonds is 3. The topological polar surface area (TPSA) is 55.2 Å². The monoisotopic (exact) mass is 282 g/mol. The molecule has 0 bridgehead atoms. The molecule has 1 atom stereocenters. The summed E-state index contributed by atoms with van der Waals surface area (Å²) in [5.74, 6) is 0. The molecule has 1 fully saturated rings. The highest BCUT2D eigenvalue weighted by Gasteiger charge is 2.28. The molecule has 1 aliphatic carbocycles. The molecule has 1 unspecified atom stereocenters. The Morgan fingerprint density at radius 3 is 2.84 bits per heavy atom. The van der Waals surface area contributed by atoms with Gasteiger partial charge in [0.15, 0.2) is 0 Å². The Bertz CT molecular complexity index is 488. The van der Waals surface area contributed by atoms with Crippen molar-refractivity contribution in [3.05, 3.63) is 33.3 Å². The predicted molar refractivity (Wildman–Crippen MR) is 77.8 cm³/mol. The lowest BCUT2D eigenvalue weighted by Crippen LogP contribution is -2.31. The number of nitro benzene ring substituents is 1. The van der Waals surface area contributed by atoms with E-state index in [-0.39, 0.29) is 5.69 Å². The van der Waals surface area contributed by atoms with Gasteiger partial charge in [0.25, 0.3) is 5.69 Å². The van der Waals surface area contributed by atoms with Gasteiger partial charge in [-0.05, 0) is 30.7 Å². The fourth-order valence-electron chi connectivity index (χ4n) is 2.78. The van der Waals surface area contributed by atoms with Crippen LogP contribution in [0.25, 0.3) is 0 Å². The van der Waals surface area contributed by atoms with Crippen molar-refractivity contribution in [1.82, 2.24) is 0 Å². The summed E-state index contributed by atoms with van der Waals surface area (Å²) in [6, 6.07) is 4.86. The summed E-state index contributed by atoms with van der Waals surface area (Å²) in [4.78, 5) is 10.4. The van der Waals surface area contributed by atoms with Crippen molar-refractivity contribution in [1.29, 1.82) is 0 Å². The summed E-state index contributed by atoms with van der Waals surface area (Å²) in [6.45, 7) is 4.52. The first kappa shape index (κ1) is 14.1. The highest BCUT2D eigenvalue weighted by Crippen LogP contribution is 2.37. The number of hydrogen-bond acceptors (Lipinski definition) is 3. The summed E-state index contributed by atoms with van der Waals surface area (Å²) >= 11 is 6.11. The van der Waals surface area contributed by atoms with E-state index in [4.69, 9.17) is 11.6 Å². The van der Waals surface area contributed by atoms with Gasteiger partial charge in [-0.15, -0.1) is 0 Å². The van der Waals surface area contributed by atoms with E-state index >= 15 is 0 Å². The molecule has 19 heavy (non-hydrogen) atoms. The second kappa shape index (κ2) is 5.37. The molecule has 1 aromatic carbocycles. The van der Waals surface area contributed by atoms with Gasteiger partial charge in [0.2, 0.25) is 0 Å². The van der Waals surface area contributed by atoms with Crippen molar-refractivity contribution in [2.45, 2.75) is 45.6 Å². The van der Waals surface area contributed by atoms with Crippen molar-refractivity contribution >= 4 is 23.0 Å². The van der Waals surface area contributed by atoms with Gasteiger partial charge in [0.1, 0.15) is 0 Å². The molecule has 4 nitrogen and oxygen atoms in total. The zero-order valence-corrected chi connectivity index (χ0v) is 12.0. The van der Waals surface area contributed by atoms with Gasteiger partial charge in [0, 0.05) is 18.2 Å². The number of hydrogen-bond donors (Lipinski definition) is 1. The summed E-state index contributed by atoms with van der Waals surface area (Å²) < 4.78 is 0. The van der Waals surface area contributed by atoms with E-state index in [1.165, 1.54) is 25.0 Å². The van der Waals surface area contributed by atoms with E-state index < -0.39 is 4.92 Å². The molecule has 1 N–H and O–H groups in total. The molecule has 5 heteroatoms. The van der Waals surface area contributed by atoms with E-state index in [2.05, 4.69) is 19.2 Å². The first-order valence-electron chi connectivity index (χ1n) is 6.58. The molecule has 0 aliphatic heterocycles. The van der Waals surface area contributed by atoms with Crippen LogP contribution in [0.1, 0.15) is 39.5 Å². The molecular formula is C14H19ClN2O2. The Kier molecular flexibility index (Phi) is 3.99. The zero-order chi connectivity index (χ0) is 14.0. The molecule has 2 rings (SSSR count). The zero-order valence-electron chi connectivity index (χ0n) is 11.3. The third-order valence-electron chi connectivity index (χ3n) is 3.73. The maximum atomic E-state index is 10.8. The van der Waals surface area contributed by atoms with Gasteiger partial charge < -0.3 is 5.32 Å². The molecule has 1 aliphatic rings. The number of anilines is 1. The fraction of sp³-hybridized carbons (Fsp3) is 0.571. The fourth-order valence-corrected chi connectivity index (χ4v) is 2.95. The van der Waals surface area contributed by atoms with Crippen LogP contribution < -0.4 is 5.32 Å². The first-order chi connectivity index (χ1) is 8.87. The van der Waals surface area contributed by atoms with E-state index in [1.54, 1.807) is 6.07 Å². The number of nitrogens with zero attached hydrogens (tertiary/aromatic N) is 1. The van der Waals surface area contributed by atoms with Crippen LogP contribution in [-0.2, 0) is 0 Å². The number of non-ortho nitro benzene ring substituents is 1. The van der Waals surface area contributed by atoms with Crippen LogP contribution in [0.2, 0.25) is 5.02 Å². The molecular weight excluding hydrogens is 264 g/mol. The highest BCUT2D eigenvalue weighted by atomic mass is 35.5. The Morgan fingerprint density at radius 1 is 1.47 bits per heavy atom. The second-order valence-corrected chi connectivity index (χ2v) is 6.43. The standard InChI is InChI=1S/C14H19ClN2O2/c1-14(2)7-3-4-10(9-14)16-13-8-11(17(18)19)5-6-12(13)15/h5-6,8,10,16H,3-4,7,9H2,1-2H3. The van der Waals surface area contributed by atoms with Crippen LogP contribution in [0.4, 0.5) is 11.4 Å². The molecule has 0 spiro atoms. The van der Waals surface area contributed by atoms with Gasteiger partial charge in [-0.25, -0.2) is 0 Å². The Morgan fingerprint density at radius 2 is 2.21 bits per heavy atom. The van der Waals surface area contributed by atoms with Crippen molar-refractivity contribution in [2.75, 3.05) is 5.32 Å². The Labute approximate surface area is 118 Å². The van der Waals surface area contributed by atoms with E-state index in [9.17, 15) is 10.1 Å². The van der Waals surface area contributed by atoms with Crippen molar-refractivity contribution in [3.8, 4) is 0 Å². The molecule has 0 saturated heterocycles. The van der Waals surface area contributed by atoms with Crippen molar-refractivity contribution in [2.24, 2.45) is 5.41 Å². The second-order valence-electron chi connectivity index (χ2n) is 6.02.